The van der Waals surface area contributed by atoms with Crippen LogP contribution in [0.25, 0.3) is 0 Å². The van der Waals surface area contributed by atoms with Gasteiger partial charge in [-0.05, 0) is 26.2 Å². The first-order chi connectivity index (χ1) is 7.56. The first kappa shape index (κ1) is 12.7. The van der Waals surface area contributed by atoms with Crippen LogP contribution in [-0.4, -0.2) is 38.4 Å². The lowest BCUT2D eigenvalue weighted by Gasteiger charge is -2.17. The molecule has 0 amide bonds. The number of Topliss-reactive ketones (excluding diaryl/α,β-unsaturated/α-hetero) is 1. The number of ketones is 1. The van der Waals surface area contributed by atoms with E-state index < -0.39 is 0 Å². The van der Waals surface area contributed by atoms with Crippen molar-refractivity contribution in [3.05, 3.63) is 29.8 Å². The van der Waals surface area contributed by atoms with E-state index in [0.29, 0.717) is 11.3 Å². The Balaban J connectivity index is 2.87. The van der Waals surface area contributed by atoms with Gasteiger partial charge in [0.2, 0.25) is 0 Å². The quantitative estimate of drug-likeness (QED) is 0.713. The zero-order chi connectivity index (χ0) is 12.1. The minimum atomic E-state index is -0.0219. The van der Waals surface area contributed by atoms with Crippen LogP contribution in [0.1, 0.15) is 17.3 Å². The van der Waals surface area contributed by atoms with Gasteiger partial charge in [0.05, 0.1) is 12.7 Å². The third-order valence-corrected chi connectivity index (χ3v) is 2.46. The van der Waals surface area contributed by atoms with Crippen LogP contribution >= 0.6 is 0 Å². The van der Waals surface area contributed by atoms with E-state index in [1.165, 1.54) is 0 Å². The second kappa shape index (κ2) is 5.66. The fourth-order valence-corrected chi connectivity index (χ4v) is 1.74. The second-order valence-corrected chi connectivity index (χ2v) is 4.23. The van der Waals surface area contributed by atoms with Crippen LogP contribution in [0.4, 0.5) is 0 Å². The first-order valence-electron chi connectivity index (χ1n) is 5.38. The average molecular weight is 221 g/mol. The Morgan fingerprint density at radius 1 is 1.38 bits per heavy atom. The summed E-state index contributed by atoms with van der Waals surface area (Å²) in [7, 11) is 5.51. The average Bonchev–Trinajstić information content (AvgIpc) is 2.27. The Kier molecular flexibility index (Phi) is 4.50. The van der Waals surface area contributed by atoms with Crippen molar-refractivity contribution >= 4 is 5.78 Å². The normalized spacial score (nSPS) is 12.6. The molecule has 1 aromatic carbocycles. The second-order valence-electron chi connectivity index (χ2n) is 4.23. The Labute approximate surface area is 97.0 Å². The summed E-state index contributed by atoms with van der Waals surface area (Å²) in [4.78, 5) is 14.2. The van der Waals surface area contributed by atoms with Crippen LogP contribution in [0.3, 0.4) is 0 Å². The highest BCUT2D eigenvalue weighted by Gasteiger charge is 2.18. The lowest BCUT2D eigenvalue weighted by atomic mass is 9.98. The molecule has 1 aromatic rings. The van der Waals surface area contributed by atoms with E-state index in [9.17, 15) is 4.79 Å². The van der Waals surface area contributed by atoms with Crippen molar-refractivity contribution in [2.75, 3.05) is 27.7 Å². The van der Waals surface area contributed by atoms with Crippen LogP contribution in [0.5, 0.6) is 5.75 Å². The Hall–Kier alpha value is -1.35. The van der Waals surface area contributed by atoms with Crippen LogP contribution in [-0.2, 0) is 0 Å². The highest BCUT2D eigenvalue weighted by molar-refractivity contribution is 6.00. The fraction of sp³-hybridized carbons (Fsp3) is 0.462. The molecule has 16 heavy (non-hydrogen) atoms. The maximum absolute atomic E-state index is 12.2. The summed E-state index contributed by atoms with van der Waals surface area (Å²) in [5.41, 5.74) is 0.666. The number of carbonyl (C=O) groups excluding carboxylic acids is 1. The van der Waals surface area contributed by atoms with Gasteiger partial charge in [0.25, 0.3) is 0 Å². The molecule has 0 aliphatic rings. The summed E-state index contributed by atoms with van der Waals surface area (Å²) >= 11 is 0. The van der Waals surface area contributed by atoms with Crippen molar-refractivity contribution in [1.29, 1.82) is 0 Å². The van der Waals surface area contributed by atoms with Crippen molar-refractivity contribution in [2.24, 2.45) is 5.92 Å². The first-order valence-corrected chi connectivity index (χ1v) is 5.38. The zero-order valence-corrected chi connectivity index (χ0v) is 10.4. The monoisotopic (exact) mass is 221 g/mol. The van der Waals surface area contributed by atoms with Crippen molar-refractivity contribution in [3.63, 3.8) is 0 Å². The van der Waals surface area contributed by atoms with Gasteiger partial charge in [-0.3, -0.25) is 4.79 Å². The molecule has 3 heteroatoms. The van der Waals surface area contributed by atoms with Crippen molar-refractivity contribution in [2.45, 2.75) is 6.92 Å². The Bertz CT molecular complexity index is 361. The van der Waals surface area contributed by atoms with Gasteiger partial charge < -0.3 is 9.64 Å². The van der Waals surface area contributed by atoms with E-state index in [1.807, 2.05) is 50.2 Å². The summed E-state index contributed by atoms with van der Waals surface area (Å²) in [6.45, 7) is 2.69. The van der Waals surface area contributed by atoms with Gasteiger partial charge in [-0.15, -0.1) is 0 Å². The minimum absolute atomic E-state index is 0.0219. The van der Waals surface area contributed by atoms with Gasteiger partial charge >= 0.3 is 0 Å². The molecule has 0 heterocycles. The zero-order valence-electron chi connectivity index (χ0n) is 10.4. The predicted octanol–water partition coefficient (Wildman–Crippen LogP) is 2.08. The van der Waals surface area contributed by atoms with Crippen LogP contribution in [0, 0.1) is 5.92 Å². The summed E-state index contributed by atoms with van der Waals surface area (Å²) in [6, 6.07) is 7.35. The van der Waals surface area contributed by atoms with E-state index >= 15 is 0 Å². The lowest BCUT2D eigenvalue weighted by molar-refractivity contribution is 0.0907. The van der Waals surface area contributed by atoms with Crippen LogP contribution < -0.4 is 4.74 Å². The van der Waals surface area contributed by atoms with Gasteiger partial charge in [-0.2, -0.15) is 0 Å². The number of nitrogens with zero attached hydrogens (tertiary/aromatic N) is 1. The van der Waals surface area contributed by atoms with Gasteiger partial charge in [-0.25, -0.2) is 0 Å². The topological polar surface area (TPSA) is 29.5 Å². The fourth-order valence-electron chi connectivity index (χ4n) is 1.74. The Morgan fingerprint density at radius 3 is 2.56 bits per heavy atom. The number of carbonyl (C=O) groups is 1. The van der Waals surface area contributed by atoms with Gasteiger partial charge in [0.15, 0.2) is 5.78 Å². The summed E-state index contributed by atoms with van der Waals surface area (Å²) in [6.07, 6.45) is 0. The highest BCUT2D eigenvalue weighted by Crippen LogP contribution is 2.21. The standard InChI is InChI=1S/C13H19NO2/c1-10(9-14(2)3)13(15)11-7-5-6-8-12(11)16-4/h5-8,10H,9H2,1-4H3. The van der Waals surface area contributed by atoms with Crippen LogP contribution in [0.15, 0.2) is 24.3 Å². The number of benzene rings is 1. The maximum Gasteiger partial charge on any atom is 0.170 e. The van der Waals surface area contributed by atoms with Gasteiger partial charge in [-0.1, -0.05) is 19.1 Å². The van der Waals surface area contributed by atoms with Crippen molar-refractivity contribution in [1.82, 2.24) is 4.90 Å². The largest absolute Gasteiger partial charge is 0.496 e. The molecule has 88 valence electrons. The highest BCUT2D eigenvalue weighted by atomic mass is 16.5. The Morgan fingerprint density at radius 2 is 2.00 bits per heavy atom. The molecule has 0 radical (unpaired) electrons. The number of para-hydroxylation sites is 1. The predicted molar refractivity (Wildman–Crippen MR) is 65.0 cm³/mol. The lowest BCUT2D eigenvalue weighted by Crippen LogP contribution is -2.26. The summed E-state index contributed by atoms with van der Waals surface area (Å²) < 4.78 is 5.19. The molecule has 0 saturated carbocycles. The number of hydrogen-bond acceptors (Lipinski definition) is 3. The molecule has 0 spiro atoms. The molecule has 0 N–H and O–H groups in total. The third-order valence-electron chi connectivity index (χ3n) is 2.46. The molecule has 3 nitrogen and oxygen atoms in total. The van der Waals surface area contributed by atoms with Gasteiger partial charge in [0.1, 0.15) is 5.75 Å². The summed E-state index contributed by atoms with van der Waals surface area (Å²) in [5.74, 6) is 0.760. The van der Waals surface area contributed by atoms with Crippen molar-refractivity contribution in [3.8, 4) is 5.75 Å². The molecular weight excluding hydrogens is 202 g/mol. The molecule has 1 rings (SSSR count). The number of hydrogen-bond donors (Lipinski definition) is 0. The van der Waals surface area contributed by atoms with Crippen LogP contribution in [0.2, 0.25) is 0 Å². The SMILES string of the molecule is COc1ccccc1C(=O)C(C)CN(C)C. The minimum Gasteiger partial charge on any atom is -0.496 e. The van der Waals surface area contributed by atoms with Gasteiger partial charge in [0, 0.05) is 12.5 Å². The molecule has 0 aliphatic carbocycles. The molecule has 0 bridgehead atoms. The van der Waals surface area contributed by atoms with E-state index in [-0.39, 0.29) is 11.7 Å². The van der Waals surface area contributed by atoms with E-state index in [1.54, 1.807) is 7.11 Å². The number of methoxy groups -OCH3 is 1. The molecule has 1 unspecified atom stereocenters. The molecule has 0 saturated heterocycles. The molecule has 1 atom stereocenters. The van der Waals surface area contributed by atoms with Crippen molar-refractivity contribution < 1.29 is 9.53 Å². The maximum atomic E-state index is 12.2. The number of ether oxygens (including phenoxy) is 1. The molecular formula is C13H19NO2. The number of rotatable bonds is 5. The van der Waals surface area contributed by atoms with E-state index in [2.05, 4.69) is 0 Å². The molecule has 0 fully saturated rings. The third kappa shape index (κ3) is 3.07. The molecule has 0 aromatic heterocycles. The van der Waals surface area contributed by atoms with E-state index in [0.717, 1.165) is 6.54 Å². The van der Waals surface area contributed by atoms with E-state index in [4.69, 9.17) is 4.74 Å². The summed E-state index contributed by atoms with van der Waals surface area (Å²) in [5, 5.41) is 0. The molecule has 0 aliphatic heterocycles. The smallest absolute Gasteiger partial charge is 0.170 e.